The van der Waals surface area contributed by atoms with Gasteiger partial charge in [0.05, 0.1) is 18.3 Å². The Morgan fingerprint density at radius 2 is 2.06 bits per heavy atom. The summed E-state index contributed by atoms with van der Waals surface area (Å²) in [6.07, 6.45) is 6.83. The first-order valence-electron chi connectivity index (χ1n) is 12.0. The number of fused-ring (bicyclic) bond motifs is 1. The van der Waals surface area contributed by atoms with Crippen LogP contribution in [0.15, 0.2) is 49.4 Å². The van der Waals surface area contributed by atoms with Gasteiger partial charge in [-0.15, -0.1) is 0 Å². The molecule has 0 unspecified atom stereocenters. The van der Waals surface area contributed by atoms with E-state index in [1.165, 1.54) is 6.08 Å². The summed E-state index contributed by atoms with van der Waals surface area (Å²) in [5.74, 6) is 2.40. The maximum absolute atomic E-state index is 11.9. The Bertz CT molecular complexity index is 1220. The van der Waals surface area contributed by atoms with E-state index >= 15 is 0 Å². The number of nitrogens with one attached hydrogen (secondary N) is 1. The van der Waals surface area contributed by atoms with Crippen molar-refractivity contribution >= 4 is 34.1 Å². The van der Waals surface area contributed by atoms with Crippen LogP contribution in [0.5, 0.6) is 5.75 Å². The maximum atomic E-state index is 11.9. The van der Waals surface area contributed by atoms with E-state index in [9.17, 15) is 4.79 Å². The summed E-state index contributed by atoms with van der Waals surface area (Å²) < 4.78 is 11.7. The van der Waals surface area contributed by atoms with Crippen LogP contribution in [0, 0.1) is 6.92 Å². The number of rotatable bonds is 6. The van der Waals surface area contributed by atoms with Crippen LogP contribution in [0.2, 0.25) is 0 Å². The zero-order valence-corrected chi connectivity index (χ0v) is 19.9. The lowest BCUT2D eigenvalue weighted by Crippen LogP contribution is -2.48. The quantitative estimate of drug-likeness (QED) is 0.543. The van der Waals surface area contributed by atoms with Crippen LogP contribution in [-0.2, 0) is 9.53 Å². The molecule has 2 saturated heterocycles. The molecule has 1 atom stereocenters. The van der Waals surface area contributed by atoms with Crippen LogP contribution in [0.4, 0.5) is 17.3 Å². The molecule has 9 nitrogen and oxygen atoms in total. The van der Waals surface area contributed by atoms with Crippen LogP contribution < -0.4 is 15.0 Å². The van der Waals surface area contributed by atoms with Crippen LogP contribution in [-0.4, -0.2) is 71.3 Å². The second kappa shape index (κ2) is 10.3. The lowest BCUT2D eigenvalue weighted by Gasteiger charge is -2.35. The lowest BCUT2D eigenvalue weighted by atomic mass is 10.1. The van der Waals surface area contributed by atoms with Crippen LogP contribution >= 0.6 is 0 Å². The molecular weight excluding hydrogens is 444 g/mol. The first-order valence-corrected chi connectivity index (χ1v) is 12.0. The van der Waals surface area contributed by atoms with E-state index in [-0.39, 0.29) is 12.0 Å². The van der Waals surface area contributed by atoms with E-state index in [0.717, 1.165) is 53.2 Å². The van der Waals surface area contributed by atoms with Gasteiger partial charge in [-0.3, -0.25) is 4.79 Å². The Morgan fingerprint density at radius 3 is 2.80 bits per heavy atom. The second-order valence-corrected chi connectivity index (χ2v) is 8.86. The maximum Gasteiger partial charge on any atom is 0.246 e. The SMILES string of the molecule is C=CC(=O)N1CCN(c2cc3c(Nc4ccc(O[C@@H]5CCCOC5)c(C)c4)ncnc3cn2)CC1. The molecule has 5 rings (SSSR count). The number of ether oxygens (including phenoxy) is 2. The molecule has 4 heterocycles. The molecule has 1 amide bonds. The molecule has 2 aliphatic rings. The van der Waals surface area contributed by atoms with Crippen molar-refractivity contribution in [2.45, 2.75) is 25.9 Å². The van der Waals surface area contributed by atoms with Gasteiger partial charge < -0.3 is 24.6 Å². The van der Waals surface area contributed by atoms with E-state index in [4.69, 9.17) is 9.47 Å². The molecule has 182 valence electrons. The van der Waals surface area contributed by atoms with Gasteiger partial charge in [0.25, 0.3) is 0 Å². The summed E-state index contributed by atoms with van der Waals surface area (Å²) in [5.41, 5.74) is 2.73. The zero-order valence-electron chi connectivity index (χ0n) is 19.9. The third kappa shape index (κ3) is 5.19. The van der Waals surface area contributed by atoms with Crippen molar-refractivity contribution in [2.75, 3.05) is 49.6 Å². The second-order valence-electron chi connectivity index (χ2n) is 8.86. The zero-order chi connectivity index (χ0) is 24.2. The Morgan fingerprint density at radius 1 is 1.20 bits per heavy atom. The number of anilines is 3. The molecule has 1 N–H and O–H groups in total. The number of benzene rings is 1. The molecule has 0 radical (unpaired) electrons. The molecule has 1 aromatic carbocycles. The number of carbonyl (C=O) groups is 1. The van der Waals surface area contributed by atoms with E-state index in [1.54, 1.807) is 17.4 Å². The summed E-state index contributed by atoms with van der Waals surface area (Å²) in [5, 5.41) is 4.33. The standard InChI is InChI=1S/C26H30N6O3/c1-3-25(33)32-10-8-31(9-11-32)24-14-21-22(15-27-24)28-17-29-26(21)30-19-6-7-23(18(2)13-19)35-20-5-4-12-34-16-20/h3,6-7,13-15,17,20H,1,4-5,8-12,16H2,2H3,(H,28,29,30)/t20-/m1/s1. The average molecular weight is 475 g/mol. The largest absolute Gasteiger partial charge is 0.488 e. The first kappa shape index (κ1) is 23.0. The minimum atomic E-state index is -0.0326. The highest BCUT2D eigenvalue weighted by molar-refractivity contribution is 5.92. The smallest absolute Gasteiger partial charge is 0.246 e. The van der Waals surface area contributed by atoms with Crippen LogP contribution in [0.3, 0.4) is 0 Å². The molecule has 2 fully saturated rings. The van der Waals surface area contributed by atoms with Crippen molar-refractivity contribution in [3.05, 3.63) is 55.0 Å². The number of aryl methyl sites for hydroxylation is 1. The van der Waals surface area contributed by atoms with E-state index < -0.39 is 0 Å². The molecule has 0 aliphatic carbocycles. The van der Waals surface area contributed by atoms with Crippen molar-refractivity contribution in [1.82, 2.24) is 19.9 Å². The minimum Gasteiger partial charge on any atom is -0.488 e. The number of pyridine rings is 1. The number of hydrogen-bond donors (Lipinski definition) is 1. The average Bonchev–Trinajstić information content (AvgIpc) is 2.90. The number of piperazine rings is 1. The lowest BCUT2D eigenvalue weighted by molar-refractivity contribution is -0.126. The van der Waals surface area contributed by atoms with Gasteiger partial charge in [-0.05, 0) is 55.7 Å². The summed E-state index contributed by atoms with van der Waals surface area (Å²) in [6.45, 7) is 9.78. The fourth-order valence-corrected chi connectivity index (χ4v) is 4.49. The molecule has 0 bridgehead atoms. The Hall–Kier alpha value is -3.72. The number of nitrogens with zero attached hydrogens (tertiary/aromatic N) is 5. The van der Waals surface area contributed by atoms with Crippen molar-refractivity contribution in [1.29, 1.82) is 0 Å². The van der Waals surface area contributed by atoms with Gasteiger partial charge in [0, 0.05) is 43.9 Å². The van der Waals surface area contributed by atoms with Crippen molar-refractivity contribution in [3.8, 4) is 5.75 Å². The van der Waals surface area contributed by atoms with E-state index in [0.29, 0.717) is 38.6 Å². The molecule has 35 heavy (non-hydrogen) atoms. The van der Waals surface area contributed by atoms with Crippen molar-refractivity contribution in [3.63, 3.8) is 0 Å². The Balaban J connectivity index is 1.33. The van der Waals surface area contributed by atoms with Gasteiger partial charge in [0.2, 0.25) is 5.91 Å². The van der Waals surface area contributed by atoms with E-state index in [2.05, 4.69) is 37.8 Å². The molecule has 3 aromatic rings. The number of carbonyl (C=O) groups excluding carboxylic acids is 1. The van der Waals surface area contributed by atoms with Gasteiger partial charge in [0.15, 0.2) is 0 Å². The molecule has 0 spiro atoms. The molecule has 0 saturated carbocycles. The number of hydrogen-bond acceptors (Lipinski definition) is 8. The van der Waals surface area contributed by atoms with Crippen molar-refractivity contribution < 1.29 is 14.3 Å². The molecule has 2 aliphatic heterocycles. The highest BCUT2D eigenvalue weighted by atomic mass is 16.5. The van der Waals surface area contributed by atoms with Crippen LogP contribution in [0.25, 0.3) is 10.9 Å². The summed E-state index contributed by atoms with van der Waals surface area (Å²) in [4.78, 5) is 29.4. The summed E-state index contributed by atoms with van der Waals surface area (Å²) in [7, 11) is 0. The predicted molar refractivity (Wildman–Crippen MR) is 135 cm³/mol. The van der Waals surface area contributed by atoms with E-state index in [1.807, 2.05) is 25.1 Å². The normalized spacial score (nSPS) is 18.4. The summed E-state index contributed by atoms with van der Waals surface area (Å²) >= 11 is 0. The van der Waals surface area contributed by atoms with Gasteiger partial charge in [-0.2, -0.15) is 0 Å². The molecule has 9 heteroatoms. The van der Waals surface area contributed by atoms with Gasteiger partial charge in [-0.1, -0.05) is 6.58 Å². The van der Waals surface area contributed by atoms with Gasteiger partial charge in [-0.25, -0.2) is 15.0 Å². The molecular formula is C26H30N6O3. The fraction of sp³-hybridized carbons (Fsp3) is 0.385. The number of amides is 1. The Labute approximate surface area is 204 Å². The predicted octanol–water partition coefficient (Wildman–Crippen LogP) is 3.47. The van der Waals surface area contributed by atoms with Crippen LogP contribution in [0.1, 0.15) is 18.4 Å². The third-order valence-electron chi connectivity index (χ3n) is 6.45. The number of aromatic nitrogens is 3. The minimum absolute atomic E-state index is 0.0326. The Kier molecular flexibility index (Phi) is 6.76. The topological polar surface area (TPSA) is 92.7 Å². The third-order valence-corrected chi connectivity index (χ3v) is 6.45. The monoisotopic (exact) mass is 474 g/mol. The molecule has 2 aromatic heterocycles. The van der Waals surface area contributed by atoms with Crippen molar-refractivity contribution in [2.24, 2.45) is 0 Å². The first-order chi connectivity index (χ1) is 17.1. The summed E-state index contributed by atoms with van der Waals surface area (Å²) in [6, 6.07) is 8.06. The fourth-order valence-electron chi connectivity index (χ4n) is 4.49. The van der Waals surface area contributed by atoms with Gasteiger partial charge >= 0.3 is 0 Å². The van der Waals surface area contributed by atoms with Gasteiger partial charge in [0.1, 0.15) is 29.8 Å². The highest BCUT2D eigenvalue weighted by Crippen LogP contribution is 2.29. The highest BCUT2D eigenvalue weighted by Gasteiger charge is 2.21.